The van der Waals surface area contributed by atoms with Crippen LogP contribution < -0.4 is 4.90 Å². The molecule has 6 aromatic carbocycles. The molecule has 0 radical (unpaired) electrons. The maximum atomic E-state index is 15.4. The summed E-state index contributed by atoms with van der Waals surface area (Å²) in [5, 5.41) is 0. The van der Waals surface area contributed by atoms with Crippen molar-refractivity contribution in [3.63, 3.8) is 0 Å². The summed E-state index contributed by atoms with van der Waals surface area (Å²) in [7, 11) is 0. The molecular formula is C44H30FNO. The van der Waals surface area contributed by atoms with Crippen LogP contribution in [0.5, 0.6) is 0 Å². The molecule has 3 heteroatoms. The summed E-state index contributed by atoms with van der Waals surface area (Å²) in [5.41, 5.74) is 11.4. The van der Waals surface area contributed by atoms with Gasteiger partial charge in [0.15, 0.2) is 0 Å². The highest BCUT2D eigenvalue weighted by Crippen LogP contribution is 2.73. The fourth-order valence-corrected chi connectivity index (χ4v) is 8.39. The van der Waals surface area contributed by atoms with E-state index in [2.05, 4.69) is 91.0 Å². The Labute approximate surface area is 273 Å². The van der Waals surface area contributed by atoms with Gasteiger partial charge in [0.05, 0.1) is 23.6 Å². The number of hydrogen-bond acceptors (Lipinski definition) is 1. The van der Waals surface area contributed by atoms with E-state index >= 15 is 9.18 Å². The number of fused-ring (bicyclic) bond motifs is 4. The quantitative estimate of drug-likeness (QED) is 0.191. The van der Waals surface area contributed by atoms with Crippen LogP contribution in [0.15, 0.2) is 164 Å². The molecule has 2 atom stereocenters. The summed E-state index contributed by atoms with van der Waals surface area (Å²) in [5.74, 6) is -0.935. The van der Waals surface area contributed by atoms with Gasteiger partial charge in [-0.15, -0.1) is 0 Å². The normalized spacial score (nSPS) is 19.4. The second-order valence-corrected chi connectivity index (χ2v) is 12.5. The first-order valence-corrected chi connectivity index (χ1v) is 16.1. The molecule has 47 heavy (non-hydrogen) atoms. The number of carbonyl (C=O) groups is 1. The Kier molecular flexibility index (Phi) is 6.23. The Morgan fingerprint density at radius 2 is 1.11 bits per heavy atom. The van der Waals surface area contributed by atoms with Crippen molar-refractivity contribution >= 4 is 33.9 Å². The third-order valence-electron chi connectivity index (χ3n) is 10.1. The van der Waals surface area contributed by atoms with Crippen LogP contribution in [-0.4, -0.2) is 5.91 Å². The van der Waals surface area contributed by atoms with Crippen LogP contribution in [-0.2, 0) is 16.8 Å². The Morgan fingerprint density at radius 1 is 0.574 bits per heavy atom. The lowest BCUT2D eigenvalue weighted by Gasteiger charge is -2.46. The average Bonchev–Trinajstić information content (AvgIpc) is 3.60. The highest BCUT2D eigenvalue weighted by atomic mass is 19.1. The SMILES string of the molecule is O=C1C2c3ccccc3C3=C(c4ccccc4)C(c4ccccc4)=C(c4ccccc4)C32c2ccc(F)cc2N1Cc1ccccc1. The van der Waals surface area contributed by atoms with Gasteiger partial charge in [-0.25, -0.2) is 4.39 Å². The molecule has 0 fully saturated rings. The highest BCUT2D eigenvalue weighted by Gasteiger charge is 2.64. The van der Waals surface area contributed by atoms with Gasteiger partial charge < -0.3 is 4.90 Å². The van der Waals surface area contributed by atoms with E-state index in [0.717, 1.165) is 61.2 Å². The van der Waals surface area contributed by atoms with Gasteiger partial charge >= 0.3 is 0 Å². The minimum atomic E-state index is -0.894. The fourth-order valence-electron chi connectivity index (χ4n) is 8.39. The van der Waals surface area contributed by atoms with Crippen LogP contribution in [0.1, 0.15) is 44.9 Å². The molecule has 2 unspecified atom stereocenters. The maximum Gasteiger partial charge on any atom is 0.236 e. The number of benzene rings is 6. The second-order valence-electron chi connectivity index (χ2n) is 12.5. The molecule has 6 aromatic rings. The lowest BCUT2D eigenvalue weighted by molar-refractivity contribution is -0.121. The van der Waals surface area contributed by atoms with Crippen molar-refractivity contribution in [2.24, 2.45) is 0 Å². The summed E-state index contributed by atoms with van der Waals surface area (Å²) in [6.07, 6.45) is 0. The number of rotatable bonds is 5. The lowest BCUT2D eigenvalue weighted by Crippen LogP contribution is -2.48. The molecule has 1 amide bonds. The number of amides is 1. The topological polar surface area (TPSA) is 20.3 Å². The number of nitrogens with zero attached hydrogens (tertiary/aromatic N) is 1. The summed E-state index contributed by atoms with van der Waals surface area (Å²) >= 11 is 0. The molecule has 0 N–H and O–H groups in total. The number of anilines is 1. The predicted octanol–water partition coefficient (Wildman–Crippen LogP) is 9.94. The van der Waals surface area contributed by atoms with Crippen molar-refractivity contribution in [1.82, 2.24) is 0 Å². The van der Waals surface area contributed by atoms with Crippen molar-refractivity contribution in [3.8, 4) is 0 Å². The second kappa shape index (κ2) is 10.6. The zero-order valence-corrected chi connectivity index (χ0v) is 25.6. The highest BCUT2D eigenvalue weighted by molar-refractivity contribution is 6.35. The van der Waals surface area contributed by atoms with Gasteiger partial charge in [0.25, 0.3) is 0 Å². The van der Waals surface area contributed by atoms with E-state index in [1.165, 1.54) is 0 Å². The van der Waals surface area contributed by atoms with Gasteiger partial charge in [-0.1, -0.05) is 152 Å². The summed E-state index contributed by atoms with van der Waals surface area (Å²) in [4.78, 5) is 17.2. The minimum Gasteiger partial charge on any atom is -0.307 e. The standard InChI is InChI=1S/C44H30FNO/c45-33-25-26-36-37(27-33)46(28-29-15-5-1-6-16-29)43(47)42-35-24-14-13-23-34(35)41-39(31-19-9-3-10-20-31)38(30-17-7-2-8-18-30)40(44(36,41)42)32-21-11-4-12-22-32/h1-27,42H,28H2. The molecule has 0 saturated heterocycles. The molecule has 9 rings (SSSR count). The van der Waals surface area contributed by atoms with E-state index in [-0.39, 0.29) is 11.7 Å². The van der Waals surface area contributed by atoms with Crippen LogP contribution in [0.4, 0.5) is 10.1 Å². The molecule has 1 heterocycles. The Hall–Kier alpha value is -5.80. The van der Waals surface area contributed by atoms with Crippen LogP contribution in [0, 0.1) is 5.82 Å². The summed E-state index contributed by atoms with van der Waals surface area (Å²) < 4.78 is 15.4. The molecule has 2 nitrogen and oxygen atoms in total. The zero-order chi connectivity index (χ0) is 31.5. The van der Waals surface area contributed by atoms with Gasteiger partial charge in [0.1, 0.15) is 5.82 Å². The van der Waals surface area contributed by atoms with E-state index < -0.39 is 11.3 Å². The van der Waals surface area contributed by atoms with Gasteiger partial charge in [0.2, 0.25) is 5.91 Å². The molecule has 2 aliphatic carbocycles. The molecule has 0 bridgehead atoms. The molecular weight excluding hydrogens is 577 g/mol. The van der Waals surface area contributed by atoms with Crippen molar-refractivity contribution in [2.45, 2.75) is 17.9 Å². The van der Waals surface area contributed by atoms with Gasteiger partial charge in [-0.05, 0) is 73.4 Å². The fraction of sp³-hybridized carbons (Fsp3) is 0.0682. The summed E-state index contributed by atoms with van der Waals surface area (Å²) in [6.45, 7) is 0.353. The first-order chi connectivity index (χ1) is 23.2. The van der Waals surface area contributed by atoms with E-state index in [0.29, 0.717) is 12.2 Å². The predicted molar refractivity (Wildman–Crippen MR) is 188 cm³/mol. The first-order valence-electron chi connectivity index (χ1n) is 16.1. The molecule has 3 aliphatic rings. The largest absolute Gasteiger partial charge is 0.307 e. The van der Waals surface area contributed by atoms with Crippen LogP contribution in [0.2, 0.25) is 0 Å². The molecule has 0 aromatic heterocycles. The maximum absolute atomic E-state index is 15.4. The zero-order valence-electron chi connectivity index (χ0n) is 25.6. The molecule has 0 saturated carbocycles. The average molecular weight is 608 g/mol. The van der Waals surface area contributed by atoms with E-state index in [4.69, 9.17) is 0 Å². The van der Waals surface area contributed by atoms with Crippen molar-refractivity contribution in [3.05, 3.63) is 209 Å². The van der Waals surface area contributed by atoms with Crippen molar-refractivity contribution in [1.29, 1.82) is 0 Å². The van der Waals surface area contributed by atoms with Crippen LogP contribution >= 0.6 is 0 Å². The molecule has 224 valence electrons. The lowest BCUT2D eigenvalue weighted by atomic mass is 9.61. The van der Waals surface area contributed by atoms with E-state index in [9.17, 15) is 0 Å². The monoisotopic (exact) mass is 607 g/mol. The van der Waals surface area contributed by atoms with Crippen molar-refractivity contribution < 1.29 is 9.18 Å². The molecule has 1 aliphatic heterocycles. The van der Waals surface area contributed by atoms with E-state index in [1.54, 1.807) is 12.1 Å². The first kappa shape index (κ1) is 27.5. The van der Waals surface area contributed by atoms with Gasteiger partial charge in [0, 0.05) is 0 Å². The Balaban J connectivity index is 1.48. The number of carbonyl (C=O) groups excluding carboxylic acids is 1. The van der Waals surface area contributed by atoms with Gasteiger partial charge in [-0.2, -0.15) is 0 Å². The number of halogens is 1. The number of allylic oxidation sites excluding steroid dienone is 4. The third-order valence-corrected chi connectivity index (χ3v) is 10.1. The van der Waals surface area contributed by atoms with E-state index in [1.807, 2.05) is 65.6 Å². The molecule has 1 spiro atoms. The Bertz CT molecular complexity index is 2200. The van der Waals surface area contributed by atoms with Crippen LogP contribution in [0.25, 0.3) is 22.3 Å². The number of hydrogen-bond donors (Lipinski definition) is 0. The van der Waals surface area contributed by atoms with Crippen LogP contribution in [0.3, 0.4) is 0 Å². The smallest absolute Gasteiger partial charge is 0.236 e. The van der Waals surface area contributed by atoms with Gasteiger partial charge in [-0.3, -0.25) is 4.79 Å². The summed E-state index contributed by atoms with van der Waals surface area (Å²) in [6, 6.07) is 55.0. The Morgan fingerprint density at radius 3 is 1.74 bits per heavy atom. The van der Waals surface area contributed by atoms with Crippen molar-refractivity contribution in [2.75, 3.05) is 4.90 Å². The third kappa shape index (κ3) is 3.93. The minimum absolute atomic E-state index is 0.0236.